The standard InChI is InChI=1S/C23H25ClN2O3/c1-28-17-7-4-15(5-8-17)22-21-18(19-12-16(24)6-9-20(19)25-21)10-11-26(22)23(27)29-13-14-2-3-14/h4-5,7-9,12,14,16,22,25H,2-3,6,10-11,13H2,1H3/t16?,22-/m0/s1. The van der Waals surface area contributed by atoms with Crippen LogP contribution >= 0.6 is 11.6 Å². The number of carbonyl (C=O) groups excluding carboxylic acids is 1. The Morgan fingerprint density at radius 2 is 2.07 bits per heavy atom. The Morgan fingerprint density at radius 3 is 2.79 bits per heavy atom. The van der Waals surface area contributed by atoms with Crippen molar-refractivity contribution in [2.75, 3.05) is 20.3 Å². The Labute approximate surface area is 174 Å². The van der Waals surface area contributed by atoms with Crippen molar-refractivity contribution in [1.82, 2.24) is 9.88 Å². The molecule has 29 heavy (non-hydrogen) atoms. The highest BCUT2D eigenvalue weighted by molar-refractivity contribution is 6.24. The van der Waals surface area contributed by atoms with Crippen LogP contribution in [0.3, 0.4) is 0 Å². The molecule has 0 saturated heterocycles. The van der Waals surface area contributed by atoms with Gasteiger partial charge < -0.3 is 14.5 Å². The molecule has 0 bridgehead atoms. The summed E-state index contributed by atoms with van der Waals surface area (Å²) >= 11 is 6.39. The molecule has 1 amide bonds. The number of benzene rings is 1. The number of hydrogen-bond acceptors (Lipinski definition) is 3. The third kappa shape index (κ3) is 3.52. The number of nitrogens with zero attached hydrogens (tertiary/aromatic N) is 1. The van der Waals surface area contributed by atoms with Gasteiger partial charge in [0.05, 0.1) is 19.1 Å². The molecule has 2 heterocycles. The quantitative estimate of drug-likeness (QED) is 0.785. The zero-order chi connectivity index (χ0) is 20.0. The van der Waals surface area contributed by atoms with Gasteiger partial charge in [-0.1, -0.05) is 24.3 Å². The van der Waals surface area contributed by atoms with Crippen molar-refractivity contribution in [3.8, 4) is 5.75 Å². The lowest BCUT2D eigenvalue weighted by molar-refractivity contribution is 0.0850. The van der Waals surface area contributed by atoms with Gasteiger partial charge in [0.1, 0.15) is 11.8 Å². The first-order chi connectivity index (χ1) is 14.1. The molecule has 0 spiro atoms. The molecule has 2 aliphatic carbocycles. The summed E-state index contributed by atoms with van der Waals surface area (Å²) in [6, 6.07) is 7.72. The lowest BCUT2D eigenvalue weighted by atomic mass is 9.92. The van der Waals surface area contributed by atoms with E-state index in [0.717, 1.165) is 48.0 Å². The fraction of sp³-hybridized carbons (Fsp3) is 0.435. The van der Waals surface area contributed by atoms with E-state index < -0.39 is 0 Å². The molecule has 6 heteroatoms. The summed E-state index contributed by atoms with van der Waals surface area (Å²) in [5.41, 5.74) is 3.36. The van der Waals surface area contributed by atoms with Crippen molar-refractivity contribution in [1.29, 1.82) is 0 Å². The average Bonchev–Trinajstić information content (AvgIpc) is 3.51. The first-order valence-corrected chi connectivity index (χ1v) is 10.7. The fourth-order valence-electron chi connectivity index (χ4n) is 4.33. The van der Waals surface area contributed by atoms with Crippen molar-refractivity contribution >= 4 is 29.8 Å². The molecule has 152 valence electrons. The molecule has 1 N–H and O–H groups in total. The number of fused-ring (bicyclic) bond motifs is 3. The molecule has 1 unspecified atom stereocenters. The molecule has 1 aromatic heterocycles. The number of ether oxygens (including phenoxy) is 2. The van der Waals surface area contributed by atoms with Crippen LogP contribution in [0.5, 0.6) is 5.75 Å². The van der Waals surface area contributed by atoms with E-state index in [1.807, 2.05) is 29.2 Å². The van der Waals surface area contributed by atoms with Gasteiger partial charge >= 0.3 is 6.09 Å². The van der Waals surface area contributed by atoms with Crippen LogP contribution in [-0.4, -0.2) is 41.6 Å². The van der Waals surface area contributed by atoms with E-state index in [9.17, 15) is 4.79 Å². The fourth-order valence-corrected chi connectivity index (χ4v) is 4.55. The van der Waals surface area contributed by atoms with Gasteiger partial charge in [-0.25, -0.2) is 4.79 Å². The first kappa shape index (κ1) is 18.6. The number of carbonyl (C=O) groups is 1. The van der Waals surface area contributed by atoms with Crippen LogP contribution in [0.2, 0.25) is 0 Å². The van der Waals surface area contributed by atoms with E-state index in [-0.39, 0.29) is 17.5 Å². The Hall–Kier alpha value is -2.40. The Morgan fingerprint density at radius 1 is 1.28 bits per heavy atom. The van der Waals surface area contributed by atoms with Crippen molar-refractivity contribution in [3.05, 3.63) is 51.7 Å². The zero-order valence-electron chi connectivity index (χ0n) is 16.5. The minimum absolute atomic E-state index is 0.0170. The minimum Gasteiger partial charge on any atom is -0.497 e. The lowest BCUT2D eigenvalue weighted by Gasteiger charge is -2.35. The summed E-state index contributed by atoms with van der Waals surface area (Å²) in [6.07, 6.45) is 7.99. The molecule has 3 aliphatic rings. The van der Waals surface area contributed by atoms with Crippen LogP contribution < -0.4 is 15.3 Å². The zero-order valence-corrected chi connectivity index (χ0v) is 17.2. The minimum atomic E-state index is -0.237. The second kappa shape index (κ2) is 7.45. The van der Waals surface area contributed by atoms with E-state index in [0.29, 0.717) is 19.1 Å². The summed E-state index contributed by atoms with van der Waals surface area (Å²) in [7, 11) is 1.66. The molecule has 2 atom stereocenters. The Kier molecular flexibility index (Phi) is 4.78. The van der Waals surface area contributed by atoms with Crippen molar-refractivity contribution in [2.45, 2.75) is 37.1 Å². The second-order valence-corrected chi connectivity index (χ2v) is 8.67. The highest BCUT2D eigenvalue weighted by Gasteiger charge is 2.36. The molecule has 1 saturated carbocycles. The maximum absolute atomic E-state index is 13.0. The summed E-state index contributed by atoms with van der Waals surface area (Å²) in [6.45, 7) is 1.15. The number of halogens is 1. The molecule has 5 rings (SSSR count). The highest BCUT2D eigenvalue weighted by Crippen LogP contribution is 2.35. The average molecular weight is 413 g/mol. The van der Waals surface area contributed by atoms with E-state index >= 15 is 0 Å². The van der Waals surface area contributed by atoms with Gasteiger partial charge in [-0.05, 0) is 54.9 Å². The van der Waals surface area contributed by atoms with Crippen LogP contribution in [0.1, 0.15) is 42.1 Å². The molecule has 1 aromatic carbocycles. The molecule has 1 aliphatic heterocycles. The Balaban J connectivity index is 1.56. The van der Waals surface area contributed by atoms with E-state index in [1.165, 1.54) is 10.8 Å². The largest absolute Gasteiger partial charge is 0.497 e. The number of nitrogens with one attached hydrogen (secondary N) is 1. The lowest BCUT2D eigenvalue weighted by Crippen LogP contribution is -2.42. The number of amides is 1. The van der Waals surface area contributed by atoms with E-state index in [1.54, 1.807) is 7.11 Å². The van der Waals surface area contributed by atoms with Gasteiger partial charge in [0, 0.05) is 22.8 Å². The molecule has 2 aromatic rings. The number of methoxy groups -OCH3 is 1. The molecule has 5 nitrogen and oxygen atoms in total. The summed E-state index contributed by atoms with van der Waals surface area (Å²) in [5.74, 6) is 1.34. The molecule has 0 radical (unpaired) electrons. The third-order valence-corrected chi connectivity index (χ3v) is 6.40. The Bertz CT molecular complexity index is 1040. The predicted octanol–water partition coefficient (Wildman–Crippen LogP) is 3.09. The van der Waals surface area contributed by atoms with Gasteiger partial charge in [-0.3, -0.25) is 4.90 Å². The highest BCUT2D eigenvalue weighted by atomic mass is 35.5. The summed E-state index contributed by atoms with van der Waals surface area (Å²) in [5, 5.41) is 2.32. The van der Waals surface area contributed by atoms with Crippen molar-refractivity contribution in [3.63, 3.8) is 0 Å². The van der Waals surface area contributed by atoms with E-state index in [2.05, 4.69) is 17.1 Å². The predicted molar refractivity (Wildman–Crippen MR) is 113 cm³/mol. The smallest absolute Gasteiger partial charge is 0.410 e. The van der Waals surface area contributed by atoms with Gasteiger partial charge in [0.15, 0.2) is 0 Å². The van der Waals surface area contributed by atoms with E-state index in [4.69, 9.17) is 21.1 Å². The normalized spacial score (nSPS) is 22.8. The van der Waals surface area contributed by atoms with Crippen LogP contribution in [0.25, 0.3) is 12.2 Å². The van der Waals surface area contributed by atoms with Crippen molar-refractivity contribution < 1.29 is 14.3 Å². The number of aromatic nitrogens is 1. The third-order valence-electron chi connectivity index (χ3n) is 6.10. The number of alkyl halides is 1. The van der Waals surface area contributed by atoms with Crippen molar-refractivity contribution in [2.24, 2.45) is 5.92 Å². The van der Waals surface area contributed by atoms with Gasteiger partial charge in [0.25, 0.3) is 0 Å². The summed E-state index contributed by atoms with van der Waals surface area (Å²) in [4.78, 5) is 18.4. The topological polar surface area (TPSA) is 54.6 Å². The van der Waals surface area contributed by atoms with Gasteiger partial charge in [-0.2, -0.15) is 0 Å². The monoisotopic (exact) mass is 412 g/mol. The van der Waals surface area contributed by atoms with Crippen LogP contribution in [0, 0.1) is 5.92 Å². The second-order valence-electron chi connectivity index (χ2n) is 8.11. The SMILES string of the molecule is COc1ccc([C@H]2c3[nH]c4c(c3CCN2C(=O)OCC2CC2)=CC(Cl)CC=4)cc1. The molecular formula is C23H25ClN2O3. The number of aromatic amines is 1. The molecular weight excluding hydrogens is 388 g/mol. The number of rotatable bonds is 4. The summed E-state index contributed by atoms with van der Waals surface area (Å²) < 4.78 is 11.0. The maximum atomic E-state index is 13.0. The number of H-pyrrole nitrogens is 1. The van der Waals surface area contributed by atoms with Crippen LogP contribution in [0.4, 0.5) is 4.79 Å². The van der Waals surface area contributed by atoms with Crippen LogP contribution in [0.15, 0.2) is 24.3 Å². The van der Waals surface area contributed by atoms with Gasteiger partial charge in [-0.15, -0.1) is 11.6 Å². The van der Waals surface area contributed by atoms with Gasteiger partial charge in [0.2, 0.25) is 0 Å². The first-order valence-electron chi connectivity index (χ1n) is 10.3. The number of hydrogen-bond donors (Lipinski definition) is 1. The maximum Gasteiger partial charge on any atom is 0.410 e. The molecule has 1 fully saturated rings. The van der Waals surface area contributed by atoms with Crippen LogP contribution in [-0.2, 0) is 11.2 Å².